The van der Waals surface area contributed by atoms with Crippen LogP contribution in [0.5, 0.6) is 0 Å². The van der Waals surface area contributed by atoms with Gasteiger partial charge < -0.3 is 14.1 Å². The van der Waals surface area contributed by atoms with Gasteiger partial charge in [0.2, 0.25) is 5.95 Å². The average Bonchev–Trinajstić information content (AvgIpc) is 3.26. The molecule has 4 rings (SSSR count). The minimum atomic E-state index is 0.172. The van der Waals surface area contributed by atoms with Crippen molar-refractivity contribution < 1.29 is 9.15 Å². The summed E-state index contributed by atoms with van der Waals surface area (Å²) in [6.07, 6.45) is 3.61. The van der Waals surface area contributed by atoms with Crippen LogP contribution < -0.4 is 4.90 Å². The number of hydrogen-bond donors (Lipinski definition) is 0. The molecule has 7 nitrogen and oxygen atoms in total. The number of ether oxygens (including phenoxy) is 1. The van der Waals surface area contributed by atoms with Crippen LogP contribution in [0.3, 0.4) is 0 Å². The van der Waals surface area contributed by atoms with E-state index in [9.17, 15) is 0 Å². The van der Waals surface area contributed by atoms with Gasteiger partial charge in [0.1, 0.15) is 11.5 Å². The van der Waals surface area contributed by atoms with E-state index in [2.05, 4.69) is 31.6 Å². The highest BCUT2D eigenvalue weighted by molar-refractivity contribution is 5.53. The lowest BCUT2D eigenvalue weighted by atomic mass is 10.3. The van der Waals surface area contributed by atoms with Crippen LogP contribution in [0.25, 0.3) is 11.5 Å². The Bertz CT molecular complexity index is 785. The van der Waals surface area contributed by atoms with E-state index < -0.39 is 0 Å². The first-order chi connectivity index (χ1) is 11.8. The molecular weight excluding hydrogens is 306 g/mol. The molecule has 1 aliphatic heterocycles. The number of pyridine rings is 1. The summed E-state index contributed by atoms with van der Waals surface area (Å²) in [6, 6.07) is 9.62. The van der Waals surface area contributed by atoms with Gasteiger partial charge in [0, 0.05) is 19.3 Å². The highest BCUT2D eigenvalue weighted by Crippen LogP contribution is 2.24. The Morgan fingerprint density at radius 1 is 1.21 bits per heavy atom. The molecule has 124 valence electrons. The molecule has 1 atom stereocenters. The lowest BCUT2D eigenvalue weighted by Gasteiger charge is -2.31. The molecule has 7 heteroatoms. The van der Waals surface area contributed by atoms with Gasteiger partial charge in [-0.3, -0.25) is 9.55 Å². The highest BCUT2D eigenvalue weighted by atomic mass is 16.5. The van der Waals surface area contributed by atoms with Crippen molar-refractivity contribution in [1.82, 2.24) is 19.7 Å². The van der Waals surface area contributed by atoms with Gasteiger partial charge in [-0.25, -0.2) is 0 Å². The predicted octanol–water partition coefficient (Wildman–Crippen LogP) is 2.21. The molecule has 3 aromatic heterocycles. The van der Waals surface area contributed by atoms with E-state index in [1.807, 2.05) is 30.3 Å². The van der Waals surface area contributed by atoms with Crippen molar-refractivity contribution in [3.8, 4) is 11.5 Å². The molecule has 0 amide bonds. The van der Waals surface area contributed by atoms with Gasteiger partial charge in [-0.05, 0) is 31.2 Å². The standard InChI is InChI=1S/C17H19N5O2/c1-13-11-21(8-10-23-13)17-20-19-16(15-6-2-3-7-18-15)22(17)12-14-5-4-9-24-14/h2-7,9,13H,8,10-12H2,1H3. The predicted molar refractivity (Wildman–Crippen MR) is 88.7 cm³/mol. The molecule has 0 bridgehead atoms. The van der Waals surface area contributed by atoms with Crippen molar-refractivity contribution in [3.05, 3.63) is 48.6 Å². The maximum atomic E-state index is 5.64. The highest BCUT2D eigenvalue weighted by Gasteiger charge is 2.24. The maximum Gasteiger partial charge on any atom is 0.228 e. The number of furan rings is 1. The second kappa shape index (κ2) is 6.45. The molecule has 0 saturated carbocycles. The van der Waals surface area contributed by atoms with Crippen molar-refractivity contribution in [2.75, 3.05) is 24.6 Å². The van der Waals surface area contributed by atoms with Gasteiger partial charge in [0.25, 0.3) is 0 Å². The molecule has 1 unspecified atom stereocenters. The summed E-state index contributed by atoms with van der Waals surface area (Å²) in [6.45, 7) is 4.90. The maximum absolute atomic E-state index is 5.64. The number of morpholine rings is 1. The smallest absolute Gasteiger partial charge is 0.228 e. The number of hydrogen-bond acceptors (Lipinski definition) is 6. The van der Waals surface area contributed by atoms with E-state index in [0.717, 1.165) is 36.3 Å². The molecule has 1 fully saturated rings. The van der Waals surface area contributed by atoms with Gasteiger partial charge in [-0.2, -0.15) is 0 Å². The van der Waals surface area contributed by atoms with Crippen LogP contribution in [0.2, 0.25) is 0 Å². The van der Waals surface area contributed by atoms with E-state index in [4.69, 9.17) is 9.15 Å². The third-order valence-electron chi connectivity index (χ3n) is 4.04. The summed E-state index contributed by atoms with van der Waals surface area (Å²) >= 11 is 0. The fourth-order valence-corrected chi connectivity index (χ4v) is 2.92. The molecule has 0 aliphatic carbocycles. The normalized spacial score (nSPS) is 18.0. The average molecular weight is 325 g/mol. The van der Waals surface area contributed by atoms with Crippen molar-refractivity contribution in [2.45, 2.75) is 19.6 Å². The Hall–Kier alpha value is -2.67. The van der Waals surface area contributed by atoms with Gasteiger partial charge >= 0.3 is 0 Å². The molecule has 0 radical (unpaired) electrons. The molecule has 0 aromatic carbocycles. The quantitative estimate of drug-likeness (QED) is 0.732. The lowest BCUT2D eigenvalue weighted by Crippen LogP contribution is -2.42. The molecule has 24 heavy (non-hydrogen) atoms. The minimum absolute atomic E-state index is 0.172. The zero-order valence-electron chi connectivity index (χ0n) is 13.5. The van der Waals surface area contributed by atoms with Crippen LogP contribution >= 0.6 is 0 Å². The molecule has 1 aliphatic rings. The Morgan fingerprint density at radius 2 is 2.17 bits per heavy atom. The molecule has 0 N–H and O–H groups in total. The summed E-state index contributed by atoms with van der Waals surface area (Å²) in [7, 11) is 0. The van der Waals surface area contributed by atoms with Crippen LogP contribution in [-0.4, -0.2) is 45.5 Å². The first kappa shape index (κ1) is 14.9. The second-order valence-electron chi connectivity index (χ2n) is 5.83. The molecule has 0 spiro atoms. The first-order valence-corrected chi connectivity index (χ1v) is 8.05. The van der Waals surface area contributed by atoms with Crippen molar-refractivity contribution in [1.29, 1.82) is 0 Å². The van der Waals surface area contributed by atoms with Gasteiger partial charge in [-0.15, -0.1) is 10.2 Å². The topological polar surface area (TPSA) is 69.2 Å². The Morgan fingerprint density at radius 3 is 2.92 bits per heavy atom. The Balaban J connectivity index is 1.74. The van der Waals surface area contributed by atoms with E-state index in [0.29, 0.717) is 13.2 Å². The third-order valence-corrected chi connectivity index (χ3v) is 4.04. The number of anilines is 1. The van der Waals surface area contributed by atoms with Gasteiger partial charge in [0.15, 0.2) is 5.82 Å². The van der Waals surface area contributed by atoms with E-state index >= 15 is 0 Å². The fourth-order valence-electron chi connectivity index (χ4n) is 2.92. The van der Waals surface area contributed by atoms with Crippen molar-refractivity contribution in [3.63, 3.8) is 0 Å². The second-order valence-corrected chi connectivity index (χ2v) is 5.83. The number of nitrogens with zero attached hydrogens (tertiary/aromatic N) is 5. The van der Waals surface area contributed by atoms with Crippen LogP contribution in [0.4, 0.5) is 5.95 Å². The zero-order valence-corrected chi connectivity index (χ0v) is 13.5. The molecule has 3 aromatic rings. The van der Waals surface area contributed by atoms with E-state index in [-0.39, 0.29) is 6.10 Å². The Kier molecular flexibility index (Phi) is 4.00. The van der Waals surface area contributed by atoms with Crippen LogP contribution in [-0.2, 0) is 11.3 Å². The van der Waals surface area contributed by atoms with Crippen LogP contribution in [0.15, 0.2) is 47.2 Å². The minimum Gasteiger partial charge on any atom is -0.467 e. The summed E-state index contributed by atoms with van der Waals surface area (Å²) in [5.74, 6) is 2.41. The number of aromatic nitrogens is 4. The van der Waals surface area contributed by atoms with Gasteiger partial charge in [0.05, 0.1) is 25.5 Å². The van der Waals surface area contributed by atoms with E-state index in [1.54, 1.807) is 12.5 Å². The lowest BCUT2D eigenvalue weighted by molar-refractivity contribution is 0.0524. The van der Waals surface area contributed by atoms with Crippen LogP contribution in [0.1, 0.15) is 12.7 Å². The molecule has 4 heterocycles. The van der Waals surface area contributed by atoms with Gasteiger partial charge in [-0.1, -0.05) is 6.07 Å². The van der Waals surface area contributed by atoms with E-state index in [1.165, 1.54) is 0 Å². The van der Waals surface area contributed by atoms with Crippen molar-refractivity contribution in [2.24, 2.45) is 0 Å². The largest absolute Gasteiger partial charge is 0.467 e. The molecule has 1 saturated heterocycles. The fraction of sp³-hybridized carbons (Fsp3) is 0.353. The summed E-state index contributed by atoms with van der Waals surface area (Å²) < 4.78 is 13.2. The monoisotopic (exact) mass is 325 g/mol. The SMILES string of the molecule is CC1CN(c2nnc(-c3ccccn3)n2Cc2ccco2)CCO1. The summed E-state index contributed by atoms with van der Waals surface area (Å²) in [5, 5.41) is 8.83. The zero-order chi connectivity index (χ0) is 16.4. The van der Waals surface area contributed by atoms with Crippen LogP contribution in [0, 0.1) is 0 Å². The van der Waals surface area contributed by atoms with Crippen molar-refractivity contribution >= 4 is 5.95 Å². The summed E-state index contributed by atoms with van der Waals surface area (Å²) in [5.41, 5.74) is 0.795. The number of rotatable bonds is 4. The third kappa shape index (κ3) is 2.90. The molecular formula is C17H19N5O2. The Labute approximate surface area is 139 Å². The first-order valence-electron chi connectivity index (χ1n) is 8.05. The summed E-state index contributed by atoms with van der Waals surface area (Å²) in [4.78, 5) is 6.62.